The Kier molecular flexibility index (Phi) is 6.37. The van der Waals surface area contributed by atoms with Gasteiger partial charge in [0, 0.05) is 18.6 Å². The molecule has 0 aliphatic carbocycles. The molecule has 0 saturated carbocycles. The molecule has 1 rings (SSSR count). The van der Waals surface area contributed by atoms with Crippen LogP contribution in [0.3, 0.4) is 0 Å². The predicted octanol–water partition coefficient (Wildman–Crippen LogP) is 2.89. The number of nitrogens with zero attached hydrogens (tertiary/aromatic N) is 1. The number of piperidine rings is 1. The van der Waals surface area contributed by atoms with E-state index in [-0.39, 0.29) is 0 Å². The fourth-order valence-electron chi connectivity index (χ4n) is 2.79. The molecular weight excluding hydrogens is 196 g/mol. The van der Waals surface area contributed by atoms with Gasteiger partial charge < -0.3 is 10.2 Å². The Morgan fingerprint density at radius 1 is 1.38 bits per heavy atom. The first-order valence-electron chi connectivity index (χ1n) is 7.08. The molecular formula is C14H30N2. The first-order valence-corrected chi connectivity index (χ1v) is 7.08. The maximum atomic E-state index is 3.78. The molecule has 0 aromatic heterocycles. The second kappa shape index (κ2) is 7.29. The minimum absolute atomic E-state index is 0.676. The second-order valence-corrected chi connectivity index (χ2v) is 5.66. The smallest absolute Gasteiger partial charge is 0.00816 e. The van der Waals surface area contributed by atoms with Crippen molar-refractivity contribution >= 4 is 0 Å². The third kappa shape index (κ3) is 4.84. The number of unbranched alkanes of at least 4 members (excludes halogenated alkanes) is 1. The lowest BCUT2D eigenvalue weighted by Crippen LogP contribution is -2.45. The molecule has 1 aliphatic rings. The molecule has 2 nitrogen and oxygen atoms in total. The van der Waals surface area contributed by atoms with Crippen LogP contribution < -0.4 is 5.32 Å². The van der Waals surface area contributed by atoms with Crippen molar-refractivity contribution < 1.29 is 0 Å². The van der Waals surface area contributed by atoms with Crippen LogP contribution in [0.25, 0.3) is 0 Å². The molecule has 0 amide bonds. The van der Waals surface area contributed by atoms with E-state index in [1.165, 1.54) is 45.2 Å². The van der Waals surface area contributed by atoms with Crippen molar-refractivity contribution in [2.45, 2.75) is 65.0 Å². The molecule has 0 bridgehead atoms. The van der Waals surface area contributed by atoms with Crippen molar-refractivity contribution in [3.63, 3.8) is 0 Å². The Balaban J connectivity index is 2.24. The molecule has 16 heavy (non-hydrogen) atoms. The highest BCUT2D eigenvalue weighted by Crippen LogP contribution is 2.19. The zero-order chi connectivity index (χ0) is 12.0. The van der Waals surface area contributed by atoms with Gasteiger partial charge in [-0.2, -0.15) is 0 Å². The average molecular weight is 226 g/mol. The van der Waals surface area contributed by atoms with Crippen LogP contribution >= 0.6 is 0 Å². The first kappa shape index (κ1) is 14.0. The van der Waals surface area contributed by atoms with Gasteiger partial charge in [0.25, 0.3) is 0 Å². The maximum Gasteiger partial charge on any atom is 0.00816 e. The highest BCUT2D eigenvalue weighted by atomic mass is 15.1. The fourth-order valence-corrected chi connectivity index (χ4v) is 2.79. The van der Waals surface area contributed by atoms with Gasteiger partial charge in [-0.3, -0.25) is 0 Å². The summed E-state index contributed by atoms with van der Waals surface area (Å²) in [5.74, 6) is 0.850. The highest BCUT2D eigenvalue weighted by Gasteiger charge is 2.23. The number of rotatable bonds is 6. The molecule has 0 aromatic rings. The van der Waals surface area contributed by atoms with Crippen molar-refractivity contribution in [1.29, 1.82) is 0 Å². The summed E-state index contributed by atoms with van der Waals surface area (Å²) in [4.78, 5) is 2.48. The number of hydrogen-bond acceptors (Lipinski definition) is 2. The van der Waals surface area contributed by atoms with Crippen molar-refractivity contribution in [3.8, 4) is 0 Å². The van der Waals surface area contributed by atoms with Crippen molar-refractivity contribution in [2.24, 2.45) is 5.92 Å². The normalized spacial score (nSPS) is 26.6. The van der Waals surface area contributed by atoms with Crippen LogP contribution in [0.15, 0.2) is 0 Å². The summed E-state index contributed by atoms with van der Waals surface area (Å²) in [5.41, 5.74) is 0. The van der Waals surface area contributed by atoms with E-state index in [0.29, 0.717) is 12.1 Å². The van der Waals surface area contributed by atoms with Gasteiger partial charge in [-0.1, -0.05) is 19.8 Å². The zero-order valence-corrected chi connectivity index (χ0v) is 11.6. The summed E-state index contributed by atoms with van der Waals surface area (Å²) in [6.07, 6.45) is 6.76. The molecule has 2 heteroatoms. The molecule has 1 aliphatic heterocycles. The van der Waals surface area contributed by atoms with E-state index in [2.05, 4.69) is 38.0 Å². The number of hydrogen-bond donors (Lipinski definition) is 1. The van der Waals surface area contributed by atoms with Crippen LogP contribution in [-0.2, 0) is 0 Å². The lowest BCUT2D eigenvalue weighted by Gasteiger charge is -2.35. The maximum absolute atomic E-state index is 3.78. The van der Waals surface area contributed by atoms with E-state index in [9.17, 15) is 0 Å². The van der Waals surface area contributed by atoms with E-state index >= 15 is 0 Å². The van der Waals surface area contributed by atoms with Gasteiger partial charge in [0.2, 0.25) is 0 Å². The van der Waals surface area contributed by atoms with Crippen molar-refractivity contribution in [3.05, 3.63) is 0 Å². The van der Waals surface area contributed by atoms with E-state index < -0.39 is 0 Å². The lowest BCUT2D eigenvalue weighted by molar-refractivity contribution is 0.173. The van der Waals surface area contributed by atoms with Crippen LogP contribution in [0.2, 0.25) is 0 Å². The summed E-state index contributed by atoms with van der Waals surface area (Å²) in [7, 11) is 2.25. The summed E-state index contributed by atoms with van der Waals surface area (Å²) in [5, 5.41) is 3.78. The third-order valence-corrected chi connectivity index (χ3v) is 3.91. The number of likely N-dealkylation sites (tertiary alicyclic amines) is 1. The quantitative estimate of drug-likeness (QED) is 0.749. The van der Waals surface area contributed by atoms with Crippen LogP contribution in [0, 0.1) is 5.92 Å². The van der Waals surface area contributed by atoms with Gasteiger partial charge in [0.1, 0.15) is 0 Å². The summed E-state index contributed by atoms with van der Waals surface area (Å²) in [6.45, 7) is 9.53. The van der Waals surface area contributed by atoms with Crippen molar-refractivity contribution in [2.75, 3.05) is 20.1 Å². The summed E-state index contributed by atoms with van der Waals surface area (Å²) < 4.78 is 0. The Labute approximate surface area is 102 Å². The highest BCUT2D eigenvalue weighted by molar-refractivity contribution is 4.80. The summed E-state index contributed by atoms with van der Waals surface area (Å²) >= 11 is 0. The van der Waals surface area contributed by atoms with Crippen LogP contribution in [0.1, 0.15) is 52.9 Å². The van der Waals surface area contributed by atoms with Gasteiger partial charge >= 0.3 is 0 Å². The second-order valence-electron chi connectivity index (χ2n) is 5.66. The summed E-state index contributed by atoms with van der Waals surface area (Å²) in [6, 6.07) is 1.36. The molecule has 0 radical (unpaired) electrons. The molecule has 0 spiro atoms. The minimum Gasteiger partial charge on any atom is -0.311 e. The molecule has 1 heterocycles. The van der Waals surface area contributed by atoms with E-state index in [1.807, 2.05) is 0 Å². The van der Waals surface area contributed by atoms with Crippen LogP contribution in [0.4, 0.5) is 0 Å². The Hall–Kier alpha value is -0.0800. The monoisotopic (exact) mass is 226 g/mol. The van der Waals surface area contributed by atoms with Gasteiger partial charge in [-0.05, 0) is 52.6 Å². The lowest BCUT2D eigenvalue weighted by atomic mass is 9.91. The predicted molar refractivity (Wildman–Crippen MR) is 71.8 cm³/mol. The topological polar surface area (TPSA) is 15.3 Å². The molecule has 1 fully saturated rings. The third-order valence-electron chi connectivity index (χ3n) is 3.91. The Morgan fingerprint density at radius 2 is 2.12 bits per heavy atom. The Morgan fingerprint density at radius 3 is 2.75 bits per heavy atom. The standard InChI is InChI=1S/C14H30N2/c1-5-6-8-12(2)15-13(3)14-9-7-10-16(4)11-14/h12-15H,5-11H2,1-4H3. The SMILES string of the molecule is CCCCC(C)NC(C)C1CCCN(C)C1. The van der Waals surface area contributed by atoms with Gasteiger partial charge in [-0.25, -0.2) is 0 Å². The largest absolute Gasteiger partial charge is 0.311 e. The first-order chi connectivity index (χ1) is 7.63. The zero-order valence-electron chi connectivity index (χ0n) is 11.6. The van der Waals surface area contributed by atoms with Crippen LogP contribution in [-0.4, -0.2) is 37.1 Å². The molecule has 3 unspecified atom stereocenters. The fraction of sp³-hybridized carbons (Fsp3) is 1.00. The van der Waals surface area contributed by atoms with Gasteiger partial charge in [-0.15, -0.1) is 0 Å². The molecule has 0 aromatic carbocycles. The van der Waals surface area contributed by atoms with Gasteiger partial charge in [0.05, 0.1) is 0 Å². The Bertz CT molecular complexity index is 182. The van der Waals surface area contributed by atoms with Gasteiger partial charge in [0.15, 0.2) is 0 Å². The minimum atomic E-state index is 0.676. The molecule has 3 atom stereocenters. The average Bonchev–Trinajstić information content (AvgIpc) is 2.26. The van der Waals surface area contributed by atoms with Crippen molar-refractivity contribution in [1.82, 2.24) is 10.2 Å². The molecule has 1 saturated heterocycles. The van der Waals surface area contributed by atoms with E-state index in [1.54, 1.807) is 0 Å². The number of nitrogens with one attached hydrogen (secondary N) is 1. The van der Waals surface area contributed by atoms with Crippen LogP contribution in [0.5, 0.6) is 0 Å². The van der Waals surface area contributed by atoms with E-state index in [4.69, 9.17) is 0 Å². The molecule has 1 N–H and O–H groups in total. The molecule has 96 valence electrons. The van der Waals surface area contributed by atoms with E-state index in [0.717, 1.165) is 5.92 Å².